The van der Waals surface area contributed by atoms with Gasteiger partial charge >= 0.3 is 5.97 Å². The van der Waals surface area contributed by atoms with E-state index in [0.29, 0.717) is 17.3 Å². The number of hydrogen-bond acceptors (Lipinski definition) is 3. The molecule has 0 saturated carbocycles. The average molecular weight is 285 g/mol. The van der Waals surface area contributed by atoms with Crippen molar-refractivity contribution in [2.75, 3.05) is 18.0 Å². The number of nitrogens with two attached hydrogens (primary N) is 1. The van der Waals surface area contributed by atoms with Crippen molar-refractivity contribution in [2.45, 2.75) is 13.8 Å². The van der Waals surface area contributed by atoms with Gasteiger partial charge in [0.15, 0.2) is 0 Å². The Morgan fingerprint density at radius 1 is 1.42 bits per heavy atom. The largest absolute Gasteiger partial charge is 0.478 e. The van der Waals surface area contributed by atoms with E-state index < -0.39 is 11.9 Å². The van der Waals surface area contributed by atoms with Crippen LogP contribution in [0.5, 0.6) is 0 Å². The summed E-state index contributed by atoms with van der Waals surface area (Å²) >= 11 is 5.80. The molecule has 1 amide bonds. The number of hydrogen-bond donors (Lipinski definition) is 2. The number of aromatic carboxylic acids is 1. The van der Waals surface area contributed by atoms with Crippen molar-refractivity contribution in [3.63, 3.8) is 0 Å². The molecule has 0 aliphatic carbocycles. The third kappa shape index (κ3) is 4.44. The number of amides is 1. The summed E-state index contributed by atoms with van der Waals surface area (Å²) in [7, 11) is 0. The van der Waals surface area contributed by atoms with E-state index in [2.05, 4.69) is 0 Å². The highest BCUT2D eigenvalue weighted by Crippen LogP contribution is 2.25. The van der Waals surface area contributed by atoms with Crippen molar-refractivity contribution >= 4 is 29.2 Å². The van der Waals surface area contributed by atoms with Crippen LogP contribution < -0.4 is 10.6 Å². The molecular formula is C13H17ClN2O3. The van der Waals surface area contributed by atoms with Crippen LogP contribution in [0.15, 0.2) is 18.2 Å². The topological polar surface area (TPSA) is 83.6 Å². The fourth-order valence-electron chi connectivity index (χ4n) is 1.83. The Bertz CT molecular complexity index is 489. The zero-order valence-corrected chi connectivity index (χ0v) is 11.6. The molecule has 0 bridgehead atoms. The minimum Gasteiger partial charge on any atom is -0.478 e. The van der Waals surface area contributed by atoms with Crippen LogP contribution in [0.3, 0.4) is 0 Å². The molecule has 0 spiro atoms. The molecule has 1 aromatic rings. The van der Waals surface area contributed by atoms with Crippen LogP contribution in [0, 0.1) is 5.92 Å². The fourth-order valence-corrected chi connectivity index (χ4v) is 2.00. The molecule has 0 aromatic heterocycles. The number of carboxylic acids is 1. The lowest BCUT2D eigenvalue weighted by Crippen LogP contribution is -2.37. The molecule has 5 nitrogen and oxygen atoms in total. The molecule has 0 aliphatic rings. The van der Waals surface area contributed by atoms with Crippen molar-refractivity contribution in [2.24, 2.45) is 11.7 Å². The Morgan fingerprint density at radius 3 is 2.53 bits per heavy atom. The quantitative estimate of drug-likeness (QED) is 0.837. The molecular weight excluding hydrogens is 268 g/mol. The van der Waals surface area contributed by atoms with Gasteiger partial charge in [-0.3, -0.25) is 4.79 Å². The van der Waals surface area contributed by atoms with Crippen LogP contribution in [0.1, 0.15) is 24.2 Å². The SMILES string of the molecule is CC(C)CN(CC(N)=O)c1ccc(Cl)cc1C(=O)O. The summed E-state index contributed by atoms with van der Waals surface area (Å²) in [4.78, 5) is 24.0. The number of benzene rings is 1. The first-order valence-corrected chi connectivity index (χ1v) is 6.25. The molecule has 1 aromatic carbocycles. The average Bonchev–Trinajstić information content (AvgIpc) is 2.26. The number of nitrogens with zero attached hydrogens (tertiary/aromatic N) is 1. The van der Waals surface area contributed by atoms with E-state index >= 15 is 0 Å². The second-order valence-corrected chi connectivity index (χ2v) is 5.14. The van der Waals surface area contributed by atoms with Crippen LogP contribution in [-0.4, -0.2) is 30.1 Å². The molecule has 0 atom stereocenters. The van der Waals surface area contributed by atoms with Crippen LogP contribution in [-0.2, 0) is 4.79 Å². The Hall–Kier alpha value is -1.75. The van der Waals surface area contributed by atoms with E-state index in [1.807, 2.05) is 13.8 Å². The molecule has 0 saturated heterocycles. The van der Waals surface area contributed by atoms with Gasteiger partial charge in [-0.15, -0.1) is 0 Å². The number of rotatable bonds is 6. The zero-order chi connectivity index (χ0) is 14.6. The second-order valence-electron chi connectivity index (χ2n) is 4.71. The Balaban J connectivity index is 3.20. The zero-order valence-electron chi connectivity index (χ0n) is 10.9. The molecule has 0 unspecified atom stereocenters. The van der Waals surface area contributed by atoms with Crippen molar-refractivity contribution in [3.05, 3.63) is 28.8 Å². The van der Waals surface area contributed by atoms with Crippen molar-refractivity contribution < 1.29 is 14.7 Å². The lowest BCUT2D eigenvalue weighted by atomic mass is 10.1. The summed E-state index contributed by atoms with van der Waals surface area (Å²) in [6.45, 7) is 4.46. The first-order valence-electron chi connectivity index (χ1n) is 5.87. The molecule has 0 radical (unpaired) electrons. The van der Waals surface area contributed by atoms with Gasteiger partial charge < -0.3 is 15.7 Å². The van der Waals surface area contributed by atoms with E-state index in [4.69, 9.17) is 17.3 Å². The van der Waals surface area contributed by atoms with Crippen molar-refractivity contribution in [3.8, 4) is 0 Å². The first kappa shape index (κ1) is 15.3. The minimum atomic E-state index is -1.09. The highest BCUT2D eigenvalue weighted by molar-refractivity contribution is 6.31. The van der Waals surface area contributed by atoms with Gasteiger partial charge in [0.2, 0.25) is 5.91 Å². The van der Waals surface area contributed by atoms with Gasteiger partial charge in [0.05, 0.1) is 17.8 Å². The van der Waals surface area contributed by atoms with Crippen LogP contribution >= 0.6 is 11.6 Å². The Labute approximate surface area is 117 Å². The molecule has 0 fully saturated rings. The maximum Gasteiger partial charge on any atom is 0.337 e. The third-order valence-corrected chi connectivity index (χ3v) is 2.70. The van der Waals surface area contributed by atoms with E-state index in [-0.39, 0.29) is 18.0 Å². The van der Waals surface area contributed by atoms with Crippen molar-refractivity contribution in [1.82, 2.24) is 0 Å². The minimum absolute atomic E-state index is 0.0277. The summed E-state index contributed by atoms with van der Waals surface area (Å²) in [6.07, 6.45) is 0. The predicted molar refractivity (Wildman–Crippen MR) is 74.7 cm³/mol. The van der Waals surface area contributed by atoms with Gasteiger partial charge in [-0.1, -0.05) is 25.4 Å². The lowest BCUT2D eigenvalue weighted by molar-refractivity contribution is -0.116. The summed E-state index contributed by atoms with van der Waals surface area (Å²) in [5, 5.41) is 9.54. The highest BCUT2D eigenvalue weighted by Gasteiger charge is 2.18. The third-order valence-electron chi connectivity index (χ3n) is 2.46. The lowest BCUT2D eigenvalue weighted by Gasteiger charge is -2.26. The van der Waals surface area contributed by atoms with E-state index in [0.717, 1.165) is 0 Å². The van der Waals surface area contributed by atoms with E-state index in [9.17, 15) is 14.7 Å². The molecule has 104 valence electrons. The number of carbonyl (C=O) groups excluding carboxylic acids is 1. The van der Waals surface area contributed by atoms with Crippen molar-refractivity contribution in [1.29, 1.82) is 0 Å². The normalized spacial score (nSPS) is 10.5. The number of primary amides is 1. The summed E-state index contributed by atoms with van der Waals surface area (Å²) in [5.74, 6) is -1.33. The number of carboxylic acid groups (broad SMARTS) is 1. The summed E-state index contributed by atoms with van der Waals surface area (Å²) in [6, 6.07) is 4.56. The summed E-state index contributed by atoms with van der Waals surface area (Å²) in [5.41, 5.74) is 5.72. The van der Waals surface area contributed by atoms with Gasteiger partial charge in [0.25, 0.3) is 0 Å². The van der Waals surface area contributed by atoms with Gasteiger partial charge in [-0.05, 0) is 24.1 Å². The Morgan fingerprint density at radius 2 is 2.05 bits per heavy atom. The number of halogens is 1. The molecule has 0 aliphatic heterocycles. The monoisotopic (exact) mass is 284 g/mol. The second kappa shape index (κ2) is 6.43. The molecule has 3 N–H and O–H groups in total. The van der Waals surface area contributed by atoms with Gasteiger partial charge in [-0.25, -0.2) is 4.79 Å². The maximum absolute atomic E-state index is 11.2. The predicted octanol–water partition coefficient (Wildman–Crippen LogP) is 1.99. The van der Waals surface area contributed by atoms with E-state index in [1.165, 1.54) is 6.07 Å². The molecule has 19 heavy (non-hydrogen) atoms. The Kier molecular flexibility index (Phi) is 5.18. The molecule has 1 rings (SSSR count). The first-order chi connectivity index (χ1) is 8.81. The number of carbonyl (C=O) groups is 2. The van der Waals surface area contributed by atoms with E-state index in [1.54, 1.807) is 17.0 Å². The molecule has 0 heterocycles. The summed E-state index contributed by atoms with van der Waals surface area (Å²) < 4.78 is 0. The standard InChI is InChI=1S/C13H17ClN2O3/c1-8(2)6-16(7-12(15)17)11-4-3-9(14)5-10(11)13(18)19/h3-5,8H,6-7H2,1-2H3,(H2,15,17)(H,18,19). The van der Waals surface area contributed by atoms with Crippen LogP contribution in [0.2, 0.25) is 5.02 Å². The van der Waals surface area contributed by atoms with Crippen LogP contribution in [0.4, 0.5) is 5.69 Å². The van der Waals surface area contributed by atoms with Crippen LogP contribution in [0.25, 0.3) is 0 Å². The molecule has 6 heteroatoms. The fraction of sp³-hybridized carbons (Fsp3) is 0.385. The van der Waals surface area contributed by atoms with Gasteiger partial charge in [0, 0.05) is 11.6 Å². The van der Waals surface area contributed by atoms with Gasteiger partial charge in [0.1, 0.15) is 0 Å². The number of anilines is 1. The van der Waals surface area contributed by atoms with Gasteiger partial charge in [-0.2, -0.15) is 0 Å². The maximum atomic E-state index is 11.2. The smallest absolute Gasteiger partial charge is 0.337 e. The highest BCUT2D eigenvalue weighted by atomic mass is 35.5.